The van der Waals surface area contributed by atoms with E-state index in [4.69, 9.17) is 0 Å². The van der Waals surface area contributed by atoms with Crippen LogP contribution in [0.25, 0.3) is 11.1 Å². The highest BCUT2D eigenvalue weighted by Crippen LogP contribution is 2.27. The molecule has 0 saturated carbocycles. The van der Waals surface area contributed by atoms with Gasteiger partial charge < -0.3 is 5.32 Å². The molecule has 0 amide bonds. The van der Waals surface area contributed by atoms with Crippen LogP contribution in [0.15, 0.2) is 76.8 Å². The molecule has 0 spiro atoms. The average molecular weight is 359 g/mol. The van der Waals surface area contributed by atoms with Crippen molar-refractivity contribution in [1.29, 1.82) is 0 Å². The fourth-order valence-corrected chi connectivity index (χ4v) is 3.67. The number of amidine groups is 1. The van der Waals surface area contributed by atoms with Crippen LogP contribution < -0.4 is 5.32 Å². The fraction of sp³-hybridized carbons (Fsp3) is 0.261. The van der Waals surface area contributed by atoms with Gasteiger partial charge in [-0.3, -0.25) is 10.2 Å². The van der Waals surface area contributed by atoms with Gasteiger partial charge in [-0.15, -0.1) is 0 Å². The minimum atomic E-state index is 0.503. The van der Waals surface area contributed by atoms with Gasteiger partial charge in [-0.2, -0.15) is 0 Å². The van der Waals surface area contributed by atoms with Crippen molar-refractivity contribution in [3.63, 3.8) is 0 Å². The highest BCUT2D eigenvalue weighted by Gasteiger charge is 2.23. The Hall–Kier alpha value is -2.69. The first-order valence-corrected chi connectivity index (χ1v) is 9.48. The van der Waals surface area contributed by atoms with E-state index in [-0.39, 0.29) is 0 Å². The van der Waals surface area contributed by atoms with Crippen LogP contribution in [0.4, 0.5) is 0 Å². The minimum absolute atomic E-state index is 0.503. The van der Waals surface area contributed by atoms with Gasteiger partial charge in [-0.1, -0.05) is 60.7 Å². The Morgan fingerprint density at radius 1 is 0.963 bits per heavy atom. The third-order valence-corrected chi connectivity index (χ3v) is 5.10. The molecular weight excluding hydrogens is 334 g/mol. The summed E-state index contributed by atoms with van der Waals surface area (Å²) in [5.74, 6) is 0.719. The van der Waals surface area contributed by atoms with E-state index in [2.05, 4.69) is 71.0 Å². The zero-order valence-corrected chi connectivity index (χ0v) is 15.7. The standard InChI is InChI=1S/C23H25N3O/c1-24-16-18-6-10-20(11-7-18)19-8-4-17(5-9-19)15-21-12-14-26(27)23-22(21)3-2-13-25-23/h3-12,24,27H,2,13-16H2,1H3. The highest BCUT2D eigenvalue weighted by molar-refractivity contribution is 6.03. The smallest absolute Gasteiger partial charge is 0.155 e. The second-order valence-corrected chi connectivity index (χ2v) is 7.02. The molecule has 0 atom stereocenters. The van der Waals surface area contributed by atoms with Gasteiger partial charge in [0.2, 0.25) is 0 Å². The number of hydrogen-bond donors (Lipinski definition) is 2. The molecule has 0 bridgehead atoms. The number of nitrogens with zero attached hydrogens (tertiary/aromatic N) is 2. The summed E-state index contributed by atoms with van der Waals surface area (Å²) >= 11 is 0. The van der Waals surface area contributed by atoms with E-state index in [1.807, 2.05) is 7.05 Å². The maximum Gasteiger partial charge on any atom is 0.155 e. The SMILES string of the molecule is CNCc1ccc(-c2ccc(CC3=CCN(O)C4=NCCC=C34)cc2)cc1. The number of hydroxylamine groups is 2. The monoisotopic (exact) mass is 359 g/mol. The topological polar surface area (TPSA) is 47.9 Å². The summed E-state index contributed by atoms with van der Waals surface area (Å²) < 4.78 is 0. The molecular formula is C23H25N3O. The number of dihydropyridines is 1. The molecule has 2 aliphatic rings. The fourth-order valence-electron chi connectivity index (χ4n) is 3.67. The molecule has 0 saturated heterocycles. The summed E-state index contributed by atoms with van der Waals surface area (Å²) in [5, 5.41) is 14.4. The zero-order valence-electron chi connectivity index (χ0n) is 15.7. The van der Waals surface area contributed by atoms with Gasteiger partial charge in [0.1, 0.15) is 0 Å². The second-order valence-electron chi connectivity index (χ2n) is 7.02. The molecule has 2 aliphatic heterocycles. The summed E-state index contributed by atoms with van der Waals surface area (Å²) in [6, 6.07) is 17.5. The first-order valence-electron chi connectivity index (χ1n) is 9.48. The van der Waals surface area contributed by atoms with Gasteiger partial charge in [0.15, 0.2) is 5.84 Å². The number of nitrogens with one attached hydrogen (secondary N) is 1. The van der Waals surface area contributed by atoms with Gasteiger partial charge >= 0.3 is 0 Å². The summed E-state index contributed by atoms with van der Waals surface area (Å²) in [6.07, 6.45) is 6.09. The lowest BCUT2D eigenvalue weighted by Crippen LogP contribution is -2.35. The molecule has 4 nitrogen and oxygen atoms in total. The molecule has 0 radical (unpaired) electrons. The van der Waals surface area contributed by atoms with Gasteiger partial charge in [0.05, 0.1) is 6.54 Å². The van der Waals surface area contributed by atoms with E-state index in [1.54, 1.807) is 0 Å². The van der Waals surface area contributed by atoms with Crippen LogP contribution in [0, 0.1) is 0 Å². The third kappa shape index (κ3) is 3.87. The Labute approximate surface area is 160 Å². The summed E-state index contributed by atoms with van der Waals surface area (Å²) in [4.78, 5) is 4.48. The molecule has 2 N–H and O–H groups in total. The lowest BCUT2D eigenvalue weighted by atomic mass is 9.92. The second kappa shape index (κ2) is 7.91. The molecule has 2 aromatic carbocycles. The lowest BCUT2D eigenvalue weighted by molar-refractivity contribution is -0.00437. The quantitative estimate of drug-likeness (QED) is 0.849. The molecule has 0 fully saturated rings. The van der Waals surface area contributed by atoms with Gasteiger partial charge in [-0.25, -0.2) is 5.06 Å². The van der Waals surface area contributed by atoms with Crippen LogP contribution in [0.2, 0.25) is 0 Å². The molecule has 4 heteroatoms. The van der Waals surface area contributed by atoms with E-state index in [9.17, 15) is 5.21 Å². The van der Waals surface area contributed by atoms with Crippen LogP contribution >= 0.6 is 0 Å². The van der Waals surface area contributed by atoms with E-state index in [1.165, 1.54) is 32.9 Å². The van der Waals surface area contributed by atoms with Crippen molar-refractivity contribution < 1.29 is 5.21 Å². The van der Waals surface area contributed by atoms with Gasteiger partial charge in [-0.05, 0) is 47.7 Å². The van der Waals surface area contributed by atoms with E-state index in [0.29, 0.717) is 6.54 Å². The average Bonchev–Trinajstić information content (AvgIpc) is 2.72. The molecule has 27 heavy (non-hydrogen) atoms. The van der Waals surface area contributed by atoms with Gasteiger partial charge in [0, 0.05) is 18.7 Å². The van der Waals surface area contributed by atoms with E-state index in [0.717, 1.165) is 37.3 Å². The molecule has 2 aromatic rings. The Kier molecular flexibility index (Phi) is 5.19. The number of aliphatic imine (C=N–C) groups is 1. The first kappa shape index (κ1) is 17.7. The molecule has 0 aliphatic carbocycles. The lowest BCUT2D eigenvalue weighted by Gasteiger charge is -2.28. The van der Waals surface area contributed by atoms with Gasteiger partial charge in [0.25, 0.3) is 0 Å². The molecule has 0 unspecified atom stereocenters. The largest absolute Gasteiger partial charge is 0.316 e. The maximum absolute atomic E-state index is 10.0. The van der Waals surface area contributed by atoms with E-state index >= 15 is 0 Å². The first-order chi connectivity index (χ1) is 13.2. The van der Waals surface area contributed by atoms with E-state index < -0.39 is 0 Å². The molecule has 0 aromatic heterocycles. The number of fused-ring (bicyclic) bond motifs is 1. The number of rotatable bonds is 5. The molecule has 4 rings (SSSR count). The third-order valence-electron chi connectivity index (χ3n) is 5.10. The predicted octanol–water partition coefficient (Wildman–Crippen LogP) is 3.98. The van der Waals surface area contributed by atoms with Crippen molar-refractivity contribution in [2.45, 2.75) is 19.4 Å². The summed E-state index contributed by atoms with van der Waals surface area (Å²) in [7, 11) is 1.96. The Balaban J connectivity index is 1.50. The Morgan fingerprint density at radius 3 is 2.30 bits per heavy atom. The van der Waals surface area contributed by atoms with Crippen LogP contribution in [-0.2, 0) is 13.0 Å². The van der Waals surface area contributed by atoms with Crippen molar-refractivity contribution >= 4 is 5.84 Å². The van der Waals surface area contributed by atoms with Crippen LogP contribution in [0.1, 0.15) is 17.5 Å². The number of benzene rings is 2. The van der Waals surface area contributed by atoms with Crippen LogP contribution in [-0.4, -0.2) is 36.2 Å². The predicted molar refractivity (Wildman–Crippen MR) is 110 cm³/mol. The maximum atomic E-state index is 10.0. The normalized spacial score (nSPS) is 16.4. The molecule has 138 valence electrons. The summed E-state index contributed by atoms with van der Waals surface area (Å²) in [6.45, 7) is 2.15. The van der Waals surface area contributed by atoms with Crippen LogP contribution in [0.5, 0.6) is 0 Å². The minimum Gasteiger partial charge on any atom is -0.316 e. The van der Waals surface area contributed by atoms with Crippen molar-refractivity contribution in [1.82, 2.24) is 10.4 Å². The van der Waals surface area contributed by atoms with Crippen molar-refractivity contribution in [2.75, 3.05) is 20.1 Å². The van der Waals surface area contributed by atoms with Crippen molar-refractivity contribution in [2.24, 2.45) is 4.99 Å². The Bertz CT molecular complexity index is 892. The number of hydrogen-bond acceptors (Lipinski definition) is 4. The van der Waals surface area contributed by atoms with Crippen molar-refractivity contribution in [3.05, 3.63) is 83.0 Å². The highest BCUT2D eigenvalue weighted by atomic mass is 16.5. The molecule has 2 heterocycles. The summed E-state index contributed by atoms with van der Waals surface area (Å²) in [5.41, 5.74) is 7.36. The Morgan fingerprint density at radius 2 is 1.63 bits per heavy atom. The van der Waals surface area contributed by atoms with Crippen LogP contribution in [0.3, 0.4) is 0 Å². The van der Waals surface area contributed by atoms with Crippen molar-refractivity contribution in [3.8, 4) is 11.1 Å². The zero-order chi connectivity index (χ0) is 18.6.